The van der Waals surface area contributed by atoms with Gasteiger partial charge in [0.1, 0.15) is 0 Å². The van der Waals surface area contributed by atoms with Gasteiger partial charge in [-0.25, -0.2) is 4.79 Å². The summed E-state index contributed by atoms with van der Waals surface area (Å²) in [4.78, 5) is 42.4. The van der Waals surface area contributed by atoms with E-state index in [1.54, 1.807) is 18.2 Å². The molecular weight excluding hydrogens is 372 g/mol. The molecule has 2 atom stereocenters. The molecule has 0 radical (unpaired) electrons. The number of H-pyrrole nitrogens is 1. The minimum absolute atomic E-state index is 0.177. The Hall–Kier alpha value is -2.45. The number of nitrogens with zero attached hydrogens (tertiary/aromatic N) is 2. The smallest absolute Gasteiger partial charge is 0.328 e. The number of carbonyl (C=O) groups is 1. The third kappa shape index (κ3) is 4.76. The summed E-state index contributed by atoms with van der Waals surface area (Å²) in [5.41, 5.74) is -0.118. The van der Waals surface area contributed by atoms with E-state index >= 15 is 0 Å². The normalized spacial score (nSPS) is 20.1. The molecule has 8 nitrogen and oxygen atoms in total. The summed E-state index contributed by atoms with van der Waals surface area (Å²) in [5, 5.41) is 3.32. The van der Waals surface area contributed by atoms with E-state index in [1.807, 2.05) is 0 Å². The van der Waals surface area contributed by atoms with Crippen LogP contribution >= 0.6 is 0 Å². The number of likely N-dealkylation sites (tertiary alicyclic amines) is 1. The highest BCUT2D eigenvalue weighted by atomic mass is 16.5. The molecule has 8 heteroatoms. The van der Waals surface area contributed by atoms with Gasteiger partial charge in [0.05, 0.1) is 24.1 Å². The first-order chi connectivity index (χ1) is 13.9. The molecular formula is C21H30N4O4. The lowest BCUT2D eigenvalue weighted by Crippen LogP contribution is -2.47. The third-order valence-corrected chi connectivity index (χ3v) is 5.79. The molecule has 1 fully saturated rings. The molecule has 1 amide bonds. The largest absolute Gasteiger partial charge is 0.383 e. The van der Waals surface area contributed by atoms with Crippen molar-refractivity contribution in [1.29, 1.82) is 0 Å². The summed E-state index contributed by atoms with van der Waals surface area (Å²) in [6, 6.07) is 5.81. The van der Waals surface area contributed by atoms with Gasteiger partial charge in [-0.05, 0) is 44.9 Å². The maximum atomic E-state index is 12.5. The minimum Gasteiger partial charge on any atom is -0.383 e. The number of nitrogens with one attached hydrogen (secondary N) is 2. The van der Waals surface area contributed by atoms with E-state index in [0.717, 1.165) is 11.1 Å². The number of amides is 1. The van der Waals surface area contributed by atoms with Gasteiger partial charge in [0.2, 0.25) is 0 Å². The molecule has 1 aliphatic rings. The molecule has 158 valence electrons. The van der Waals surface area contributed by atoms with Crippen LogP contribution in [0.4, 0.5) is 0 Å². The van der Waals surface area contributed by atoms with Crippen molar-refractivity contribution in [3.8, 4) is 0 Å². The quantitative estimate of drug-likeness (QED) is 0.728. The van der Waals surface area contributed by atoms with Gasteiger partial charge in [0.25, 0.3) is 11.5 Å². The fraction of sp³-hybridized carbons (Fsp3) is 0.571. The number of piperidine rings is 1. The van der Waals surface area contributed by atoms with Crippen molar-refractivity contribution in [1.82, 2.24) is 19.8 Å². The predicted molar refractivity (Wildman–Crippen MR) is 113 cm³/mol. The third-order valence-electron chi connectivity index (χ3n) is 5.79. The van der Waals surface area contributed by atoms with E-state index in [9.17, 15) is 14.4 Å². The molecule has 0 unspecified atom stereocenters. The van der Waals surface area contributed by atoms with Crippen molar-refractivity contribution in [2.24, 2.45) is 0 Å². The van der Waals surface area contributed by atoms with Gasteiger partial charge >= 0.3 is 5.69 Å². The van der Waals surface area contributed by atoms with Crippen molar-refractivity contribution in [2.45, 2.75) is 51.7 Å². The second-order valence-corrected chi connectivity index (χ2v) is 7.76. The number of carbonyl (C=O) groups excluding carboxylic acids is 1. The van der Waals surface area contributed by atoms with Crippen LogP contribution in [0.2, 0.25) is 0 Å². The standard InChI is InChI=1S/C21H30N4O4/c1-14-5-4-6-15(2)24(14)10-9-22-19(26)16-7-8-17-18(13-16)23-21(28)25(20(17)27)11-12-29-3/h7-8,13-15H,4-6,9-12H2,1-3H3,(H,22,26)(H,23,28)/t14-,15+. The zero-order chi connectivity index (χ0) is 21.0. The van der Waals surface area contributed by atoms with Crippen LogP contribution in [0.1, 0.15) is 43.5 Å². The first-order valence-electron chi connectivity index (χ1n) is 10.2. The molecule has 1 saturated heterocycles. The summed E-state index contributed by atoms with van der Waals surface area (Å²) >= 11 is 0. The second-order valence-electron chi connectivity index (χ2n) is 7.76. The molecule has 2 N–H and O–H groups in total. The summed E-state index contributed by atoms with van der Waals surface area (Å²) in [6.07, 6.45) is 3.64. The lowest BCUT2D eigenvalue weighted by molar-refractivity contribution is 0.0889. The van der Waals surface area contributed by atoms with Crippen molar-refractivity contribution in [3.63, 3.8) is 0 Å². The zero-order valence-corrected chi connectivity index (χ0v) is 17.4. The van der Waals surface area contributed by atoms with Crippen LogP contribution in [0.15, 0.2) is 27.8 Å². The number of methoxy groups -OCH3 is 1. The molecule has 29 heavy (non-hydrogen) atoms. The van der Waals surface area contributed by atoms with Crippen LogP contribution in [0, 0.1) is 0 Å². The number of hydrogen-bond acceptors (Lipinski definition) is 5. The van der Waals surface area contributed by atoms with Crippen LogP contribution in [-0.2, 0) is 11.3 Å². The maximum Gasteiger partial charge on any atom is 0.328 e. The van der Waals surface area contributed by atoms with Crippen molar-refractivity contribution >= 4 is 16.8 Å². The Morgan fingerprint density at radius 1 is 1.21 bits per heavy atom. The topological polar surface area (TPSA) is 96.4 Å². The first-order valence-corrected chi connectivity index (χ1v) is 10.2. The van der Waals surface area contributed by atoms with E-state index in [4.69, 9.17) is 4.74 Å². The maximum absolute atomic E-state index is 12.5. The molecule has 0 saturated carbocycles. The van der Waals surface area contributed by atoms with Crippen LogP contribution in [0.5, 0.6) is 0 Å². The average Bonchev–Trinajstić information content (AvgIpc) is 2.69. The van der Waals surface area contributed by atoms with Gasteiger partial charge in [0, 0.05) is 37.8 Å². The number of fused-ring (bicyclic) bond motifs is 1. The highest BCUT2D eigenvalue weighted by molar-refractivity contribution is 5.97. The van der Waals surface area contributed by atoms with Gasteiger partial charge in [-0.2, -0.15) is 0 Å². The Kier molecular flexibility index (Phi) is 6.87. The van der Waals surface area contributed by atoms with Gasteiger partial charge in [0.15, 0.2) is 0 Å². The Bertz CT molecular complexity index is 971. The van der Waals surface area contributed by atoms with E-state index < -0.39 is 5.69 Å². The molecule has 0 spiro atoms. The van der Waals surface area contributed by atoms with Crippen LogP contribution in [0.25, 0.3) is 10.9 Å². The highest BCUT2D eigenvalue weighted by Gasteiger charge is 2.24. The number of aromatic amines is 1. The molecule has 2 aromatic rings. The fourth-order valence-corrected chi connectivity index (χ4v) is 4.10. The Morgan fingerprint density at radius 2 is 1.93 bits per heavy atom. The van der Waals surface area contributed by atoms with Gasteiger partial charge < -0.3 is 15.0 Å². The van der Waals surface area contributed by atoms with E-state index in [2.05, 4.69) is 29.0 Å². The Balaban J connectivity index is 1.70. The van der Waals surface area contributed by atoms with Gasteiger partial charge in [-0.1, -0.05) is 6.42 Å². The fourth-order valence-electron chi connectivity index (χ4n) is 4.10. The number of hydrogen-bond donors (Lipinski definition) is 2. The van der Waals surface area contributed by atoms with Crippen LogP contribution < -0.4 is 16.6 Å². The summed E-state index contributed by atoms with van der Waals surface area (Å²) in [5.74, 6) is -0.214. The van der Waals surface area contributed by atoms with E-state index in [0.29, 0.717) is 35.1 Å². The van der Waals surface area contributed by atoms with E-state index in [-0.39, 0.29) is 24.6 Å². The monoisotopic (exact) mass is 402 g/mol. The lowest BCUT2D eigenvalue weighted by Gasteiger charge is -2.39. The number of benzene rings is 1. The molecule has 3 rings (SSSR count). The number of aromatic nitrogens is 2. The molecule has 2 heterocycles. The first kappa shape index (κ1) is 21.3. The molecule has 1 aromatic carbocycles. The summed E-state index contributed by atoms with van der Waals surface area (Å²) in [7, 11) is 1.51. The van der Waals surface area contributed by atoms with Crippen molar-refractivity contribution < 1.29 is 9.53 Å². The second kappa shape index (κ2) is 9.37. The highest BCUT2D eigenvalue weighted by Crippen LogP contribution is 2.21. The Morgan fingerprint density at radius 3 is 2.62 bits per heavy atom. The minimum atomic E-state index is -0.509. The average molecular weight is 402 g/mol. The van der Waals surface area contributed by atoms with Crippen molar-refractivity contribution in [2.75, 3.05) is 26.8 Å². The lowest BCUT2D eigenvalue weighted by atomic mass is 9.98. The summed E-state index contributed by atoms with van der Waals surface area (Å²) < 4.78 is 6.05. The SMILES string of the molecule is COCCn1c(=O)[nH]c2cc(C(=O)NCCN3[C@H](C)CCC[C@@H]3C)ccc2c1=O. The van der Waals surface area contributed by atoms with Gasteiger partial charge in [-0.15, -0.1) is 0 Å². The van der Waals surface area contributed by atoms with E-state index in [1.165, 1.54) is 26.4 Å². The molecule has 1 aromatic heterocycles. The summed E-state index contributed by atoms with van der Waals surface area (Å²) in [6.45, 7) is 6.27. The van der Waals surface area contributed by atoms with Gasteiger partial charge in [-0.3, -0.25) is 19.1 Å². The van der Waals surface area contributed by atoms with Crippen LogP contribution in [0.3, 0.4) is 0 Å². The zero-order valence-electron chi connectivity index (χ0n) is 17.4. The Labute approximate surface area is 169 Å². The molecule has 0 aliphatic carbocycles. The molecule has 0 bridgehead atoms. The van der Waals surface area contributed by atoms with Crippen molar-refractivity contribution in [3.05, 3.63) is 44.6 Å². The number of ether oxygens (including phenoxy) is 1. The van der Waals surface area contributed by atoms with Crippen LogP contribution in [-0.4, -0.2) is 59.2 Å². The molecule has 1 aliphatic heterocycles. The number of rotatable bonds is 7. The predicted octanol–water partition coefficient (Wildman–Crippen LogP) is 1.33.